The summed E-state index contributed by atoms with van der Waals surface area (Å²) < 4.78 is 28.2. The molecule has 0 spiro atoms. The predicted molar refractivity (Wildman–Crippen MR) is 163 cm³/mol. The molecule has 0 radical (unpaired) electrons. The Hall–Kier alpha value is -3.56. The summed E-state index contributed by atoms with van der Waals surface area (Å²) in [5.74, 6) is 3.46. The maximum atomic E-state index is 12.7. The minimum absolute atomic E-state index is 0.00390. The van der Waals surface area contributed by atoms with Crippen LogP contribution in [0.1, 0.15) is 36.3 Å². The lowest BCUT2D eigenvalue weighted by molar-refractivity contribution is -0.116. The number of carbonyl (C=O) groups excluding carboxylic acids is 1. The molecule has 3 aromatic carbocycles. The number of benzene rings is 3. The van der Waals surface area contributed by atoms with E-state index in [1.807, 2.05) is 53.4 Å². The van der Waals surface area contributed by atoms with Crippen LogP contribution in [0.25, 0.3) is 0 Å². The highest BCUT2D eigenvalue weighted by atomic mass is 32.2. The van der Waals surface area contributed by atoms with E-state index in [9.17, 15) is 4.79 Å². The fourth-order valence-electron chi connectivity index (χ4n) is 4.95. The Kier molecular flexibility index (Phi) is 10.7. The summed E-state index contributed by atoms with van der Waals surface area (Å²) in [5, 5.41) is -0.212. The topological polar surface area (TPSA) is 69.7 Å². The van der Waals surface area contributed by atoms with Gasteiger partial charge >= 0.3 is 0 Å². The monoisotopic (exact) mass is 580 g/mol. The second kappa shape index (κ2) is 14.4. The van der Waals surface area contributed by atoms with E-state index in [-0.39, 0.29) is 11.3 Å². The number of hydrogen-bond acceptors (Lipinski definition) is 8. The Bertz CT molecular complexity index is 1310. The quantitative estimate of drug-likeness (QED) is 0.209. The number of likely N-dealkylation sites (N-methyl/N-ethyl adjacent to an activating group) is 1. The van der Waals surface area contributed by atoms with Gasteiger partial charge in [0.1, 0.15) is 16.9 Å². The van der Waals surface area contributed by atoms with Crippen LogP contribution in [-0.4, -0.2) is 66.0 Å². The molecule has 0 N–H and O–H groups in total. The Balaban J connectivity index is 1.31. The largest absolute Gasteiger partial charge is 0.497 e. The van der Waals surface area contributed by atoms with Gasteiger partial charge in [0.2, 0.25) is 11.7 Å². The normalized spacial score (nSPS) is 14.1. The first-order chi connectivity index (χ1) is 19.9. The zero-order valence-electron chi connectivity index (χ0n) is 24.8. The van der Waals surface area contributed by atoms with Crippen molar-refractivity contribution in [1.29, 1.82) is 0 Å². The summed E-state index contributed by atoms with van der Waals surface area (Å²) in [6.45, 7) is 4.05. The van der Waals surface area contributed by atoms with Crippen molar-refractivity contribution in [3.05, 3.63) is 65.7 Å². The van der Waals surface area contributed by atoms with Crippen LogP contribution in [0.3, 0.4) is 0 Å². The number of thioether (sulfide) groups is 1. The first-order valence-corrected chi connectivity index (χ1v) is 14.6. The molecule has 9 heteroatoms. The van der Waals surface area contributed by atoms with Crippen molar-refractivity contribution in [3.8, 4) is 28.7 Å². The molecule has 1 aliphatic heterocycles. The van der Waals surface area contributed by atoms with Gasteiger partial charge in [0, 0.05) is 23.9 Å². The van der Waals surface area contributed by atoms with Crippen LogP contribution in [-0.2, 0) is 11.2 Å². The third kappa shape index (κ3) is 7.21. The first kappa shape index (κ1) is 30.4. The van der Waals surface area contributed by atoms with E-state index in [1.54, 1.807) is 47.1 Å². The highest BCUT2D eigenvalue weighted by Crippen LogP contribution is 2.53. The summed E-state index contributed by atoms with van der Waals surface area (Å²) in [4.78, 5) is 17.9. The Morgan fingerprint density at radius 1 is 0.878 bits per heavy atom. The van der Waals surface area contributed by atoms with E-state index in [4.69, 9.17) is 23.7 Å². The van der Waals surface area contributed by atoms with E-state index in [0.29, 0.717) is 23.9 Å². The number of nitrogens with zero attached hydrogens (tertiary/aromatic N) is 2. The van der Waals surface area contributed by atoms with Crippen LogP contribution < -0.4 is 28.6 Å². The number of amides is 1. The molecule has 0 aliphatic carbocycles. The van der Waals surface area contributed by atoms with Gasteiger partial charge in [0.25, 0.3) is 0 Å². The van der Waals surface area contributed by atoms with Crippen LogP contribution in [0.15, 0.2) is 59.5 Å². The van der Waals surface area contributed by atoms with E-state index < -0.39 is 0 Å². The van der Waals surface area contributed by atoms with Crippen LogP contribution in [0, 0.1) is 0 Å². The molecule has 0 aromatic heterocycles. The highest BCUT2D eigenvalue weighted by molar-refractivity contribution is 8.00. The van der Waals surface area contributed by atoms with Crippen molar-refractivity contribution in [3.63, 3.8) is 0 Å². The first-order valence-electron chi connectivity index (χ1n) is 13.7. The van der Waals surface area contributed by atoms with Gasteiger partial charge in [-0.15, -0.1) is 0 Å². The zero-order chi connectivity index (χ0) is 29.4. The van der Waals surface area contributed by atoms with E-state index in [0.717, 1.165) is 65.6 Å². The summed E-state index contributed by atoms with van der Waals surface area (Å²) in [7, 11) is 8.66. The number of hydrogen-bond donors (Lipinski definition) is 0. The van der Waals surface area contributed by atoms with Gasteiger partial charge in [0.15, 0.2) is 11.5 Å². The molecule has 4 rings (SSSR count). The van der Waals surface area contributed by atoms with Crippen molar-refractivity contribution in [2.45, 2.75) is 36.5 Å². The number of ether oxygens (including phenoxy) is 5. The van der Waals surface area contributed by atoms with Gasteiger partial charge in [-0.25, -0.2) is 0 Å². The van der Waals surface area contributed by atoms with E-state index in [1.165, 1.54) is 0 Å². The molecule has 0 saturated carbocycles. The molecule has 0 saturated heterocycles. The molecule has 220 valence electrons. The van der Waals surface area contributed by atoms with Gasteiger partial charge in [-0.1, -0.05) is 23.9 Å². The molecular formula is C32H40N2O6S. The molecule has 1 aliphatic rings. The van der Waals surface area contributed by atoms with Crippen LogP contribution in [0.5, 0.6) is 28.7 Å². The summed E-state index contributed by atoms with van der Waals surface area (Å²) in [5.41, 5.74) is 3.00. The predicted octanol–water partition coefficient (Wildman–Crippen LogP) is 6.21. The lowest BCUT2D eigenvalue weighted by Crippen LogP contribution is -2.28. The number of carbonyl (C=O) groups is 1. The molecule has 0 fully saturated rings. The third-order valence-corrected chi connectivity index (χ3v) is 8.41. The van der Waals surface area contributed by atoms with Crippen LogP contribution in [0.4, 0.5) is 5.69 Å². The lowest BCUT2D eigenvalue weighted by atomic mass is 10.1. The SMILES string of the molecule is COc1ccc(OCCCCN(C)CCc2cc(OC)c(OC)c(OC)c2)c([C@@H]2Sc3ccccc3N2C(C)=O)c1. The molecule has 1 heterocycles. The molecule has 0 unspecified atom stereocenters. The molecule has 8 nitrogen and oxygen atoms in total. The smallest absolute Gasteiger partial charge is 0.225 e. The maximum absolute atomic E-state index is 12.7. The number of fused-ring (bicyclic) bond motifs is 1. The average Bonchev–Trinajstić information content (AvgIpc) is 3.39. The summed E-state index contributed by atoms with van der Waals surface area (Å²) in [6.07, 6.45) is 2.78. The van der Waals surface area contributed by atoms with Crippen LogP contribution in [0.2, 0.25) is 0 Å². The number of para-hydroxylation sites is 1. The molecule has 41 heavy (non-hydrogen) atoms. The molecule has 1 amide bonds. The number of anilines is 1. The Morgan fingerprint density at radius 2 is 1.61 bits per heavy atom. The van der Waals surface area contributed by atoms with Gasteiger partial charge in [-0.2, -0.15) is 0 Å². The lowest BCUT2D eigenvalue weighted by Gasteiger charge is -2.25. The highest BCUT2D eigenvalue weighted by Gasteiger charge is 2.35. The molecular weight excluding hydrogens is 540 g/mol. The van der Waals surface area contributed by atoms with Crippen molar-refractivity contribution < 1.29 is 28.5 Å². The van der Waals surface area contributed by atoms with Gasteiger partial charge in [-0.05, 0) is 80.9 Å². The second-order valence-electron chi connectivity index (χ2n) is 9.87. The van der Waals surface area contributed by atoms with Crippen molar-refractivity contribution >= 4 is 23.4 Å². The van der Waals surface area contributed by atoms with Gasteiger partial charge in [-0.3, -0.25) is 9.69 Å². The average molecular weight is 581 g/mol. The maximum Gasteiger partial charge on any atom is 0.225 e. The minimum Gasteiger partial charge on any atom is -0.497 e. The van der Waals surface area contributed by atoms with Crippen molar-refractivity contribution in [2.75, 3.05) is 60.1 Å². The minimum atomic E-state index is -0.212. The standard InChI is InChI=1S/C32H40N2O6S/c1-22(35)34-26-11-7-8-12-30(26)41-32(34)25-21-24(36-3)13-14-27(25)40-18-10-9-16-33(2)17-15-23-19-28(37-4)31(39-6)29(20-23)38-5/h7-8,11-14,19-21,32H,9-10,15-18H2,1-6H3/t32-/m0/s1. The van der Waals surface area contributed by atoms with E-state index in [2.05, 4.69) is 18.0 Å². The second-order valence-corrected chi connectivity index (χ2v) is 11.0. The zero-order valence-corrected chi connectivity index (χ0v) is 25.6. The summed E-state index contributed by atoms with van der Waals surface area (Å²) in [6, 6.07) is 17.8. The number of unbranched alkanes of at least 4 members (excludes halogenated alkanes) is 1. The Labute approximate surface area is 247 Å². The number of methoxy groups -OCH3 is 4. The fraction of sp³-hybridized carbons (Fsp3) is 0.406. The van der Waals surface area contributed by atoms with Crippen molar-refractivity contribution in [1.82, 2.24) is 4.90 Å². The molecule has 1 atom stereocenters. The molecule has 3 aromatic rings. The van der Waals surface area contributed by atoms with E-state index >= 15 is 0 Å². The Morgan fingerprint density at radius 3 is 2.27 bits per heavy atom. The third-order valence-electron chi connectivity index (χ3n) is 7.12. The van der Waals surface area contributed by atoms with Gasteiger partial charge < -0.3 is 28.6 Å². The van der Waals surface area contributed by atoms with Crippen molar-refractivity contribution in [2.24, 2.45) is 0 Å². The number of rotatable bonds is 14. The molecule has 0 bridgehead atoms. The fourth-order valence-corrected chi connectivity index (χ4v) is 6.31. The van der Waals surface area contributed by atoms with Crippen LogP contribution >= 0.6 is 11.8 Å². The summed E-state index contributed by atoms with van der Waals surface area (Å²) >= 11 is 1.66. The van der Waals surface area contributed by atoms with Gasteiger partial charge in [0.05, 0.1) is 40.7 Å².